The molecule has 2 rings (SSSR count). The fraction of sp³-hybridized carbons (Fsp3) is 0.538. The Balaban J connectivity index is 1.75. The number of nitrogens with zero attached hydrogens (tertiary/aromatic N) is 1. The van der Waals surface area contributed by atoms with Gasteiger partial charge in [-0.05, 0) is 31.8 Å². The molecule has 0 heterocycles. The monoisotopic (exact) mass is 234 g/mol. The Morgan fingerprint density at radius 3 is 2.76 bits per heavy atom. The van der Waals surface area contributed by atoms with Crippen LogP contribution in [0.5, 0.6) is 0 Å². The molecule has 0 atom stereocenters. The fourth-order valence-electron chi connectivity index (χ4n) is 1.96. The molecule has 4 heteroatoms. The number of nitro benzene ring substituents is 1. The summed E-state index contributed by atoms with van der Waals surface area (Å²) in [7, 11) is 0. The molecule has 0 aliphatic heterocycles. The maximum absolute atomic E-state index is 10.8. The van der Waals surface area contributed by atoms with E-state index in [-0.39, 0.29) is 10.6 Å². The van der Waals surface area contributed by atoms with Gasteiger partial charge in [0, 0.05) is 11.6 Å². The minimum Gasteiger partial charge on any atom is -0.316 e. The number of hydrogen-bond acceptors (Lipinski definition) is 3. The zero-order valence-electron chi connectivity index (χ0n) is 9.89. The van der Waals surface area contributed by atoms with Crippen molar-refractivity contribution in [2.45, 2.75) is 25.7 Å². The summed E-state index contributed by atoms with van der Waals surface area (Å²) in [6.07, 6.45) is 4.73. The largest absolute Gasteiger partial charge is 0.316 e. The summed E-state index contributed by atoms with van der Waals surface area (Å²) in [5.41, 5.74) is 1.05. The first-order valence-corrected chi connectivity index (χ1v) is 6.20. The molecular weight excluding hydrogens is 216 g/mol. The summed E-state index contributed by atoms with van der Waals surface area (Å²) in [6, 6.07) is 6.97. The lowest BCUT2D eigenvalue weighted by molar-refractivity contribution is -0.385. The first kappa shape index (κ1) is 12.0. The highest BCUT2D eigenvalue weighted by Crippen LogP contribution is 2.31. The van der Waals surface area contributed by atoms with E-state index in [0.29, 0.717) is 0 Å². The third kappa shape index (κ3) is 3.82. The van der Waals surface area contributed by atoms with E-state index in [1.165, 1.54) is 19.3 Å². The Labute approximate surface area is 101 Å². The van der Waals surface area contributed by atoms with Crippen LogP contribution in [0.25, 0.3) is 0 Å². The van der Waals surface area contributed by atoms with E-state index in [2.05, 4.69) is 5.32 Å². The van der Waals surface area contributed by atoms with Gasteiger partial charge >= 0.3 is 0 Å². The average Bonchev–Trinajstić information content (AvgIpc) is 3.13. The molecule has 1 N–H and O–H groups in total. The highest BCUT2D eigenvalue weighted by atomic mass is 16.6. The lowest BCUT2D eigenvalue weighted by atomic mass is 10.1. The van der Waals surface area contributed by atoms with Crippen molar-refractivity contribution >= 4 is 5.69 Å². The number of para-hydroxylation sites is 1. The normalized spacial score (nSPS) is 14.8. The van der Waals surface area contributed by atoms with E-state index >= 15 is 0 Å². The summed E-state index contributed by atoms with van der Waals surface area (Å²) in [4.78, 5) is 10.5. The van der Waals surface area contributed by atoms with Crippen LogP contribution in [-0.2, 0) is 6.42 Å². The Hall–Kier alpha value is -1.42. The van der Waals surface area contributed by atoms with Gasteiger partial charge in [-0.25, -0.2) is 0 Å². The molecule has 1 aromatic carbocycles. The lowest BCUT2D eigenvalue weighted by Crippen LogP contribution is -2.19. The second-order valence-electron chi connectivity index (χ2n) is 4.62. The van der Waals surface area contributed by atoms with Gasteiger partial charge in [-0.3, -0.25) is 10.1 Å². The van der Waals surface area contributed by atoms with E-state index in [0.717, 1.165) is 31.0 Å². The quantitative estimate of drug-likeness (QED) is 0.448. The van der Waals surface area contributed by atoms with Crippen molar-refractivity contribution in [1.29, 1.82) is 0 Å². The van der Waals surface area contributed by atoms with Crippen molar-refractivity contribution < 1.29 is 4.92 Å². The summed E-state index contributed by atoms with van der Waals surface area (Å²) < 4.78 is 0. The Bertz CT molecular complexity index is 389. The standard InChI is InChI=1S/C13H18N2O2/c16-15(17)13-4-2-1-3-12(13)8-10-14-9-7-11-5-6-11/h1-4,11,14H,5-10H2. The summed E-state index contributed by atoms with van der Waals surface area (Å²) in [5, 5.41) is 14.1. The van der Waals surface area contributed by atoms with Crippen molar-refractivity contribution in [3.05, 3.63) is 39.9 Å². The minimum atomic E-state index is -0.306. The molecule has 1 fully saturated rings. The number of nitro groups is 1. The summed E-state index contributed by atoms with van der Waals surface area (Å²) in [5.74, 6) is 0.938. The molecule has 0 aromatic heterocycles. The van der Waals surface area contributed by atoms with Crippen molar-refractivity contribution in [1.82, 2.24) is 5.32 Å². The molecule has 0 unspecified atom stereocenters. The molecule has 1 saturated carbocycles. The molecule has 92 valence electrons. The number of nitrogens with one attached hydrogen (secondary N) is 1. The molecule has 1 aromatic rings. The number of rotatable bonds is 7. The predicted octanol–water partition coefficient (Wildman–Crippen LogP) is 2.53. The maximum atomic E-state index is 10.8. The SMILES string of the molecule is O=[N+]([O-])c1ccccc1CCNCCC1CC1. The van der Waals surface area contributed by atoms with Gasteiger partial charge in [0.15, 0.2) is 0 Å². The lowest BCUT2D eigenvalue weighted by Gasteiger charge is -2.04. The first-order valence-electron chi connectivity index (χ1n) is 6.20. The van der Waals surface area contributed by atoms with Crippen LogP contribution in [-0.4, -0.2) is 18.0 Å². The smallest absolute Gasteiger partial charge is 0.272 e. The molecule has 17 heavy (non-hydrogen) atoms. The summed E-state index contributed by atoms with van der Waals surface area (Å²) >= 11 is 0. The van der Waals surface area contributed by atoms with E-state index < -0.39 is 0 Å². The summed E-state index contributed by atoms with van der Waals surface area (Å²) in [6.45, 7) is 1.85. The van der Waals surface area contributed by atoms with Gasteiger partial charge in [0.2, 0.25) is 0 Å². The first-order chi connectivity index (χ1) is 8.27. The van der Waals surface area contributed by atoms with Crippen LogP contribution >= 0.6 is 0 Å². The van der Waals surface area contributed by atoms with Crippen LogP contribution in [0.2, 0.25) is 0 Å². The van der Waals surface area contributed by atoms with Gasteiger partial charge in [-0.15, -0.1) is 0 Å². The second kappa shape index (κ2) is 5.77. The topological polar surface area (TPSA) is 55.2 Å². The van der Waals surface area contributed by atoms with Crippen LogP contribution in [0, 0.1) is 16.0 Å². The van der Waals surface area contributed by atoms with E-state index in [9.17, 15) is 10.1 Å². The molecule has 0 amide bonds. The Morgan fingerprint density at radius 2 is 2.06 bits per heavy atom. The molecule has 4 nitrogen and oxygen atoms in total. The van der Waals surface area contributed by atoms with E-state index in [1.807, 2.05) is 12.1 Å². The van der Waals surface area contributed by atoms with E-state index in [4.69, 9.17) is 0 Å². The van der Waals surface area contributed by atoms with Crippen molar-refractivity contribution in [2.24, 2.45) is 5.92 Å². The van der Waals surface area contributed by atoms with Crippen LogP contribution in [0.4, 0.5) is 5.69 Å². The van der Waals surface area contributed by atoms with Crippen LogP contribution in [0.1, 0.15) is 24.8 Å². The van der Waals surface area contributed by atoms with Gasteiger partial charge in [0.25, 0.3) is 5.69 Å². The molecule has 0 radical (unpaired) electrons. The van der Waals surface area contributed by atoms with Gasteiger partial charge in [-0.1, -0.05) is 31.0 Å². The average molecular weight is 234 g/mol. The zero-order chi connectivity index (χ0) is 12.1. The highest BCUT2D eigenvalue weighted by molar-refractivity contribution is 5.39. The molecular formula is C13H18N2O2. The third-order valence-electron chi connectivity index (χ3n) is 3.19. The van der Waals surface area contributed by atoms with Crippen molar-refractivity contribution in [2.75, 3.05) is 13.1 Å². The van der Waals surface area contributed by atoms with Gasteiger partial charge in [0.05, 0.1) is 4.92 Å². The van der Waals surface area contributed by atoms with Gasteiger partial charge in [-0.2, -0.15) is 0 Å². The molecule has 0 saturated heterocycles. The molecule has 0 spiro atoms. The van der Waals surface area contributed by atoms with Crippen LogP contribution < -0.4 is 5.32 Å². The minimum absolute atomic E-state index is 0.233. The van der Waals surface area contributed by atoms with Gasteiger partial charge < -0.3 is 5.32 Å². The number of benzene rings is 1. The van der Waals surface area contributed by atoms with Crippen molar-refractivity contribution in [3.63, 3.8) is 0 Å². The molecule has 1 aliphatic rings. The Kier molecular flexibility index (Phi) is 4.09. The zero-order valence-corrected chi connectivity index (χ0v) is 9.89. The highest BCUT2D eigenvalue weighted by Gasteiger charge is 2.20. The predicted molar refractivity (Wildman–Crippen MR) is 67.0 cm³/mol. The molecule has 1 aliphatic carbocycles. The Morgan fingerprint density at radius 1 is 1.29 bits per heavy atom. The second-order valence-corrected chi connectivity index (χ2v) is 4.62. The molecule has 0 bridgehead atoms. The van der Waals surface area contributed by atoms with Crippen LogP contribution in [0.3, 0.4) is 0 Å². The number of hydrogen-bond donors (Lipinski definition) is 1. The van der Waals surface area contributed by atoms with E-state index in [1.54, 1.807) is 12.1 Å². The maximum Gasteiger partial charge on any atom is 0.272 e. The van der Waals surface area contributed by atoms with Crippen LogP contribution in [0.15, 0.2) is 24.3 Å². The fourth-order valence-corrected chi connectivity index (χ4v) is 1.96. The third-order valence-corrected chi connectivity index (χ3v) is 3.19. The van der Waals surface area contributed by atoms with Gasteiger partial charge in [0.1, 0.15) is 0 Å². The van der Waals surface area contributed by atoms with Crippen molar-refractivity contribution in [3.8, 4) is 0 Å².